The van der Waals surface area contributed by atoms with Gasteiger partial charge in [-0.05, 0) is 30.3 Å². The van der Waals surface area contributed by atoms with Gasteiger partial charge in [0.1, 0.15) is 22.5 Å². The molecule has 0 radical (unpaired) electrons. The summed E-state index contributed by atoms with van der Waals surface area (Å²) in [5, 5.41) is 12.6. The van der Waals surface area contributed by atoms with Crippen molar-refractivity contribution in [3.05, 3.63) is 42.6 Å². The summed E-state index contributed by atoms with van der Waals surface area (Å²) < 4.78 is 16.4. The Hall–Kier alpha value is -3.52. The number of fused-ring (bicyclic) bond motifs is 3. The summed E-state index contributed by atoms with van der Waals surface area (Å²) in [6, 6.07) is 12.1. The van der Waals surface area contributed by atoms with Gasteiger partial charge in [0.25, 0.3) is 0 Å². The molecule has 0 unspecified atom stereocenters. The predicted octanol–water partition coefficient (Wildman–Crippen LogP) is 3.71. The molecule has 0 atom stereocenters. The van der Waals surface area contributed by atoms with E-state index in [4.69, 9.17) is 19.2 Å². The molecule has 8 heteroatoms. The first-order valence-electron chi connectivity index (χ1n) is 9.85. The Bertz CT molecular complexity index is 1180. The summed E-state index contributed by atoms with van der Waals surface area (Å²) in [6.07, 6.45) is 1.80. The maximum atomic E-state index is 5.57. The zero-order chi connectivity index (χ0) is 20.5. The topological polar surface area (TPSA) is 84.5 Å². The molecule has 154 valence electrons. The average Bonchev–Trinajstić information content (AvgIpc) is 3.30. The van der Waals surface area contributed by atoms with E-state index in [1.807, 2.05) is 12.1 Å². The number of pyridine rings is 1. The number of hydrogen-bond acceptors (Lipinski definition) is 7. The van der Waals surface area contributed by atoms with Crippen molar-refractivity contribution in [3.63, 3.8) is 0 Å². The molecule has 0 aliphatic carbocycles. The van der Waals surface area contributed by atoms with Crippen molar-refractivity contribution in [1.29, 1.82) is 0 Å². The van der Waals surface area contributed by atoms with E-state index in [2.05, 4.69) is 44.7 Å². The van der Waals surface area contributed by atoms with Crippen molar-refractivity contribution in [2.24, 2.45) is 0 Å². The van der Waals surface area contributed by atoms with E-state index in [-0.39, 0.29) is 0 Å². The molecule has 3 heterocycles. The average molecular weight is 405 g/mol. The van der Waals surface area contributed by atoms with E-state index in [1.165, 1.54) is 5.69 Å². The normalized spacial score (nSPS) is 14.3. The summed E-state index contributed by atoms with van der Waals surface area (Å²) in [4.78, 5) is 7.17. The van der Waals surface area contributed by atoms with Crippen LogP contribution >= 0.6 is 0 Å². The molecule has 0 bridgehead atoms. The lowest BCUT2D eigenvalue weighted by atomic mass is 10.1. The Balaban J connectivity index is 1.53. The van der Waals surface area contributed by atoms with Gasteiger partial charge >= 0.3 is 0 Å². The van der Waals surface area contributed by atoms with Crippen LogP contribution in [0, 0.1) is 0 Å². The van der Waals surface area contributed by atoms with Crippen LogP contribution in [0.1, 0.15) is 0 Å². The van der Waals surface area contributed by atoms with Gasteiger partial charge < -0.3 is 24.4 Å². The van der Waals surface area contributed by atoms with Crippen LogP contribution in [0.2, 0.25) is 0 Å². The quantitative estimate of drug-likeness (QED) is 0.524. The van der Waals surface area contributed by atoms with Crippen molar-refractivity contribution in [3.8, 4) is 11.5 Å². The number of benzene rings is 2. The van der Waals surface area contributed by atoms with E-state index in [0.29, 0.717) is 17.3 Å². The highest BCUT2D eigenvalue weighted by molar-refractivity contribution is 6.10. The fourth-order valence-electron chi connectivity index (χ4n) is 3.82. The molecule has 4 aromatic rings. The van der Waals surface area contributed by atoms with Crippen molar-refractivity contribution in [1.82, 2.24) is 15.2 Å². The Morgan fingerprint density at radius 1 is 1.03 bits per heavy atom. The molecule has 5 rings (SSSR count). The summed E-state index contributed by atoms with van der Waals surface area (Å²) in [7, 11) is 3.27. The van der Waals surface area contributed by atoms with Crippen molar-refractivity contribution in [2.75, 3.05) is 50.7 Å². The standard InChI is InChI=1S/C22H23N5O3/c1-28-16-11-17-18-13-23-26-21(18)22(25-20(17)19(12-16)29-2)24-14-3-5-15(6-4-14)27-7-9-30-10-8-27/h3-6,11-13H,7-10H2,1-2H3,(H,23,26)(H,24,25). The number of nitrogens with zero attached hydrogens (tertiary/aromatic N) is 3. The van der Waals surface area contributed by atoms with Gasteiger partial charge in [0.2, 0.25) is 0 Å². The van der Waals surface area contributed by atoms with Gasteiger partial charge in [-0.1, -0.05) is 0 Å². The van der Waals surface area contributed by atoms with Crippen LogP contribution in [0.15, 0.2) is 42.6 Å². The number of hydrogen-bond donors (Lipinski definition) is 2. The van der Waals surface area contributed by atoms with Gasteiger partial charge in [-0.25, -0.2) is 4.98 Å². The minimum atomic E-state index is 0.651. The first-order chi connectivity index (χ1) is 14.8. The molecule has 8 nitrogen and oxygen atoms in total. The van der Waals surface area contributed by atoms with Crippen molar-refractivity contribution < 1.29 is 14.2 Å². The first-order valence-corrected chi connectivity index (χ1v) is 9.85. The number of aromatic amines is 1. The number of H-pyrrole nitrogens is 1. The van der Waals surface area contributed by atoms with E-state index in [1.54, 1.807) is 20.4 Å². The second-order valence-electron chi connectivity index (χ2n) is 7.12. The lowest BCUT2D eigenvalue weighted by Gasteiger charge is -2.28. The summed E-state index contributed by atoms with van der Waals surface area (Å²) in [5.41, 5.74) is 3.72. The monoisotopic (exact) mass is 405 g/mol. The molecule has 1 aliphatic heterocycles. The van der Waals surface area contributed by atoms with Gasteiger partial charge in [-0.2, -0.15) is 5.10 Å². The van der Waals surface area contributed by atoms with Crippen LogP contribution < -0.4 is 19.7 Å². The largest absolute Gasteiger partial charge is 0.497 e. The molecule has 2 aromatic heterocycles. The van der Waals surface area contributed by atoms with Gasteiger partial charge in [0, 0.05) is 41.3 Å². The highest BCUT2D eigenvalue weighted by atomic mass is 16.5. The minimum absolute atomic E-state index is 0.651. The molecule has 1 fully saturated rings. The number of methoxy groups -OCH3 is 2. The third-order valence-electron chi connectivity index (χ3n) is 5.40. The second kappa shape index (κ2) is 7.72. The van der Waals surface area contributed by atoms with Gasteiger partial charge in [-0.15, -0.1) is 0 Å². The van der Waals surface area contributed by atoms with Crippen molar-refractivity contribution in [2.45, 2.75) is 0 Å². The number of ether oxygens (including phenoxy) is 3. The summed E-state index contributed by atoms with van der Waals surface area (Å²) in [6.45, 7) is 3.37. The summed E-state index contributed by atoms with van der Waals surface area (Å²) in [5.74, 6) is 2.05. The summed E-state index contributed by atoms with van der Waals surface area (Å²) >= 11 is 0. The van der Waals surface area contributed by atoms with Crippen LogP contribution in [-0.2, 0) is 4.74 Å². The van der Waals surface area contributed by atoms with E-state index < -0.39 is 0 Å². The second-order valence-corrected chi connectivity index (χ2v) is 7.12. The molecule has 1 aliphatic rings. The van der Waals surface area contributed by atoms with Crippen LogP contribution in [0.3, 0.4) is 0 Å². The smallest absolute Gasteiger partial charge is 0.157 e. The van der Waals surface area contributed by atoms with Crippen LogP contribution in [0.5, 0.6) is 11.5 Å². The highest BCUT2D eigenvalue weighted by Crippen LogP contribution is 2.37. The SMILES string of the molecule is COc1cc(OC)c2nc(Nc3ccc(N4CCOCC4)cc3)c3[nH]ncc3c2c1. The molecule has 0 saturated carbocycles. The third-order valence-corrected chi connectivity index (χ3v) is 5.40. The first kappa shape index (κ1) is 18.5. The molecular weight excluding hydrogens is 382 g/mol. The Morgan fingerprint density at radius 2 is 1.83 bits per heavy atom. The highest BCUT2D eigenvalue weighted by Gasteiger charge is 2.16. The van der Waals surface area contributed by atoms with Crippen LogP contribution in [0.4, 0.5) is 17.2 Å². The molecular formula is C22H23N5O3. The number of rotatable bonds is 5. The third kappa shape index (κ3) is 3.25. The fourth-order valence-corrected chi connectivity index (χ4v) is 3.82. The number of morpholine rings is 1. The molecule has 2 N–H and O–H groups in total. The zero-order valence-electron chi connectivity index (χ0n) is 16.9. The lowest BCUT2D eigenvalue weighted by molar-refractivity contribution is 0.122. The predicted molar refractivity (Wildman–Crippen MR) is 117 cm³/mol. The zero-order valence-corrected chi connectivity index (χ0v) is 16.9. The number of aromatic nitrogens is 3. The van der Waals surface area contributed by atoms with Gasteiger partial charge in [0.15, 0.2) is 5.82 Å². The minimum Gasteiger partial charge on any atom is -0.497 e. The Labute approximate surface area is 173 Å². The van der Waals surface area contributed by atoms with Crippen LogP contribution in [-0.4, -0.2) is 55.7 Å². The maximum Gasteiger partial charge on any atom is 0.157 e. The number of anilines is 3. The Kier molecular flexibility index (Phi) is 4.76. The number of nitrogens with one attached hydrogen (secondary N) is 2. The molecule has 1 saturated heterocycles. The fraction of sp³-hybridized carbons (Fsp3) is 0.273. The van der Waals surface area contributed by atoms with Crippen molar-refractivity contribution >= 4 is 39.0 Å². The molecule has 30 heavy (non-hydrogen) atoms. The van der Waals surface area contributed by atoms with E-state index in [0.717, 1.165) is 53.8 Å². The van der Waals surface area contributed by atoms with Gasteiger partial charge in [-0.3, -0.25) is 5.10 Å². The lowest BCUT2D eigenvalue weighted by Crippen LogP contribution is -2.36. The van der Waals surface area contributed by atoms with E-state index in [9.17, 15) is 0 Å². The van der Waals surface area contributed by atoms with E-state index >= 15 is 0 Å². The van der Waals surface area contributed by atoms with Gasteiger partial charge in [0.05, 0.1) is 33.6 Å². The Morgan fingerprint density at radius 3 is 2.57 bits per heavy atom. The van der Waals surface area contributed by atoms with Crippen LogP contribution in [0.25, 0.3) is 21.8 Å². The molecule has 2 aromatic carbocycles. The molecule has 0 spiro atoms. The maximum absolute atomic E-state index is 5.57. The molecule has 0 amide bonds.